The summed E-state index contributed by atoms with van der Waals surface area (Å²) in [5, 5.41) is 35.5. The Morgan fingerprint density at radius 1 is 1.56 bits per heavy atom. The van der Waals surface area contributed by atoms with Gasteiger partial charge in [-0.2, -0.15) is 5.26 Å². The highest BCUT2D eigenvalue weighted by atomic mass is 35.5. The topological polar surface area (TPSA) is 114 Å². The molecule has 6 nitrogen and oxygen atoms in total. The van der Waals surface area contributed by atoms with Gasteiger partial charge in [0.05, 0.1) is 5.56 Å². The van der Waals surface area contributed by atoms with Crippen LogP contribution in [-0.4, -0.2) is 32.4 Å². The second-order valence-corrected chi connectivity index (χ2v) is 3.30. The highest BCUT2D eigenvalue weighted by Gasteiger charge is 2.27. The zero-order chi connectivity index (χ0) is 12.3. The van der Waals surface area contributed by atoms with Crippen molar-refractivity contribution in [3.63, 3.8) is 0 Å². The highest BCUT2D eigenvalue weighted by molar-refractivity contribution is 6.30. The van der Waals surface area contributed by atoms with Gasteiger partial charge in [0.15, 0.2) is 6.10 Å². The number of rotatable bonds is 3. The number of nitrogens with zero attached hydrogens (tertiary/aromatic N) is 2. The summed E-state index contributed by atoms with van der Waals surface area (Å²) in [7, 11) is 0. The van der Waals surface area contributed by atoms with E-state index in [1.165, 1.54) is 12.3 Å². The maximum Gasteiger partial charge on any atom is 0.335 e. The van der Waals surface area contributed by atoms with Gasteiger partial charge in [-0.3, -0.25) is 0 Å². The molecule has 0 saturated carbocycles. The molecule has 2 atom stereocenters. The molecule has 0 aliphatic heterocycles. The van der Waals surface area contributed by atoms with Gasteiger partial charge in [0.25, 0.3) is 0 Å². The number of halogens is 1. The maximum absolute atomic E-state index is 10.4. The summed E-state index contributed by atoms with van der Waals surface area (Å²) in [6.07, 6.45) is -2.58. The van der Waals surface area contributed by atoms with Gasteiger partial charge < -0.3 is 15.3 Å². The number of carboxylic acids is 1. The van der Waals surface area contributed by atoms with Crippen LogP contribution >= 0.6 is 11.6 Å². The predicted octanol–water partition coefficient (Wildman–Crippen LogP) is 0.0856. The van der Waals surface area contributed by atoms with E-state index < -0.39 is 18.2 Å². The van der Waals surface area contributed by atoms with Crippen molar-refractivity contribution in [3.05, 3.63) is 28.5 Å². The number of pyridine rings is 1. The van der Waals surface area contributed by atoms with Crippen molar-refractivity contribution in [3.8, 4) is 6.07 Å². The summed E-state index contributed by atoms with van der Waals surface area (Å²) < 4.78 is 0. The molecular weight excluding hydrogens is 236 g/mol. The molecule has 84 valence electrons. The number of aliphatic carboxylic acids is 1. The average Bonchev–Trinajstić information content (AvgIpc) is 2.27. The predicted molar refractivity (Wildman–Crippen MR) is 52.6 cm³/mol. The van der Waals surface area contributed by atoms with Crippen LogP contribution in [0.4, 0.5) is 0 Å². The molecule has 1 aromatic heterocycles. The fourth-order valence-corrected chi connectivity index (χ4v) is 1.25. The third kappa shape index (κ3) is 2.46. The molecule has 1 aromatic rings. The minimum absolute atomic E-state index is 0.101. The maximum atomic E-state index is 10.4. The first-order chi connectivity index (χ1) is 7.47. The first-order valence-corrected chi connectivity index (χ1v) is 4.49. The summed E-state index contributed by atoms with van der Waals surface area (Å²) in [6, 6.07) is 2.93. The van der Waals surface area contributed by atoms with Crippen LogP contribution < -0.4 is 0 Å². The van der Waals surface area contributed by atoms with Crippen LogP contribution in [0, 0.1) is 11.3 Å². The van der Waals surface area contributed by atoms with E-state index in [1.54, 1.807) is 6.07 Å². The smallest absolute Gasteiger partial charge is 0.335 e. The van der Waals surface area contributed by atoms with E-state index in [9.17, 15) is 9.90 Å². The Morgan fingerprint density at radius 2 is 2.19 bits per heavy atom. The molecule has 0 radical (unpaired) electrons. The van der Waals surface area contributed by atoms with Gasteiger partial charge in [0.2, 0.25) is 0 Å². The van der Waals surface area contributed by atoms with Gasteiger partial charge >= 0.3 is 5.97 Å². The Kier molecular flexibility index (Phi) is 3.79. The normalized spacial score (nSPS) is 13.9. The standard InChI is InChI=1S/C9H7ClN2O4/c10-8-5(1-4(2-11)3-12-8)6(13)7(14)9(15)16/h1,3,6-7,13-14H,(H,15,16). The molecule has 0 saturated heterocycles. The zero-order valence-corrected chi connectivity index (χ0v) is 8.59. The van der Waals surface area contributed by atoms with E-state index in [-0.39, 0.29) is 16.3 Å². The number of aliphatic hydroxyl groups is 2. The SMILES string of the molecule is N#Cc1cnc(Cl)c(C(O)C(O)C(=O)O)c1. The molecule has 0 fully saturated rings. The van der Waals surface area contributed by atoms with Gasteiger partial charge in [0, 0.05) is 11.8 Å². The average molecular weight is 243 g/mol. The lowest BCUT2D eigenvalue weighted by atomic mass is 10.1. The highest BCUT2D eigenvalue weighted by Crippen LogP contribution is 2.24. The molecule has 0 aliphatic rings. The molecule has 0 amide bonds. The fourth-order valence-electron chi connectivity index (χ4n) is 1.04. The minimum Gasteiger partial charge on any atom is -0.479 e. The number of hydrogen-bond donors (Lipinski definition) is 3. The van der Waals surface area contributed by atoms with E-state index in [1.807, 2.05) is 0 Å². The Balaban J connectivity index is 3.12. The third-order valence-electron chi connectivity index (χ3n) is 1.87. The first kappa shape index (κ1) is 12.4. The molecule has 16 heavy (non-hydrogen) atoms. The number of aromatic nitrogens is 1. The van der Waals surface area contributed by atoms with Crippen LogP contribution in [-0.2, 0) is 4.79 Å². The van der Waals surface area contributed by atoms with Gasteiger partial charge in [-0.25, -0.2) is 9.78 Å². The van der Waals surface area contributed by atoms with Gasteiger partial charge in [-0.1, -0.05) is 11.6 Å². The van der Waals surface area contributed by atoms with E-state index in [2.05, 4.69) is 4.98 Å². The van der Waals surface area contributed by atoms with Crippen molar-refractivity contribution in [2.75, 3.05) is 0 Å². The number of aliphatic hydroxyl groups excluding tert-OH is 2. The molecule has 2 unspecified atom stereocenters. The molecule has 3 N–H and O–H groups in total. The second kappa shape index (κ2) is 4.90. The number of carboxylic acid groups (broad SMARTS) is 1. The molecule has 1 rings (SSSR count). The lowest BCUT2D eigenvalue weighted by molar-refractivity contribution is -0.153. The van der Waals surface area contributed by atoms with Gasteiger partial charge in [0.1, 0.15) is 17.3 Å². The Hall–Kier alpha value is -1.68. The Bertz CT molecular complexity index is 457. The summed E-state index contributed by atoms with van der Waals surface area (Å²) in [4.78, 5) is 14.0. The summed E-state index contributed by atoms with van der Waals surface area (Å²) in [5.41, 5.74) is 0.00616. The van der Waals surface area contributed by atoms with Crippen molar-refractivity contribution < 1.29 is 20.1 Å². The van der Waals surface area contributed by atoms with E-state index in [4.69, 9.17) is 27.1 Å². The molecule has 0 spiro atoms. The fraction of sp³-hybridized carbons (Fsp3) is 0.222. The molecule has 0 aliphatic carbocycles. The van der Waals surface area contributed by atoms with E-state index in [0.29, 0.717) is 0 Å². The molecule has 1 heterocycles. The van der Waals surface area contributed by atoms with Gasteiger partial charge in [-0.15, -0.1) is 0 Å². The third-order valence-corrected chi connectivity index (χ3v) is 2.18. The van der Waals surface area contributed by atoms with Crippen LogP contribution in [0.15, 0.2) is 12.3 Å². The lowest BCUT2D eigenvalue weighted by Gasteiger charge is -2.15. The first-order valence-electron chi connectivity index (χ1n) is 4.12. The number of nitriles is 1. The van der Waals surface area contributed by atoms with E-state index in [0.717, 1.165) is 0 Å². The summed E-state index contributed by atoms with van der Waals surface area (Å²) in [6.45, 7) is 0. The Labute approximate surface area is 95.4 Å². The molecule has 7 heteroatoms. The minimum atomic E-state index is -2.02. The van der Waals surface area contributed by atoms with E-state index >= 15 is 0 Å². The monoisotopic (exact) mass is 242 g/mol. The zero-order valence-electron chi connectivity index (χ0n) is 7.83. The van der Waals surface area contributed by atoms with Crippen LogP contribution in [0.1, 0.15) is 17.2 Å². The van der Waals surface area contributed by atoms with Crippen LogP contribution in [0.2, 0.25) is 5.15 Å². The largest absolute Gasteiger partial charge is 0.479 e. The van der Waals surface area contributed by atoms with Crippen molar-refractivity contribution >= 4 is 17.6 Å². The molecule has 0 bridgehead atoms. The van der Waals surface area contributed by atoms with Crippen molar-refractivity contribution in [1.82, 2.24) is 4.98 Å². The van der Waals surface area contributed by atoms with Crippen molar-refractivity contribution in [2.24, 2.45) is 0 Å². The van der Waals surface area contributed by atoms with Crippen molar-refractivity contribution in [2.45, 2.75) is 12.2 Å². The van der Waals surface area contributed by atoms with Crippen LogP contribution in [0.3, 0.4) is 0 Å². The number of carbonyl (C=O) groups is 1. The van der Waals surface area contributed by atoms with Crippen LogP contribution in [0.25, 0.3) is 0 Å². The summed E-state index contributed by atoms with van der Waals surface area (Å²) in [5.74, 6) is -1.59. The van der Waals surface area contributed by atoms with Crippen molar-refractivity contribution in [1.29, 1.82) is 5.26 Å². The quantitative estimate of drug-likeness (QED) is 0.647. The second-order valence-electron chi connectivity index (χ2n) is 2.94. The number of hydrogen-bond acceptors (Lipinski definition) is 5. The lowest BCUT2D eigenvalue weighted by Crippen LogP contribution is -2.27. The Morgan fingerprint density at radius 3 is 2.69 bits per heavy atom. The van der Waals surface area contributed by atoms with Crippen LogP contribution in [0.5, 0.6) is 0 Å². The van der Waals surface area contributed by atoms with Gasteiger partial charge in [-0.05, 0) is 6.07 Å². The molecular formula is C9H7ClN2O4. The molecule has 0 aromatic carbocycles. The summed E-state index contributed by atoms with van der Waals surface area (Å²) >= 11 is 5.61.